The van der Waals surface area contributed by atoms with E-state index in [0.717, 1.165) is 19.3 Å². The molecule has 2 atom stereocenters. The van der Waals surface area contributed by atoms with Crippen LogP contribution in [-0.2, 0) is 9.84 Å². The van der Waals surface area contributed by atoms with E-state index >= 15 is 0 Å². The minimum Gasteiger partial charge on any atom is -0.312 e. The van der Waals surface area contributed by atoms with E-state index < -0.39 is 9.84 Å². The molecule has 0 amide bonds. The molecule has 82 valence electrons. The van der Waals surface area contributed by atoms with Gasteiger partial charge in [-0.05, 0) is 33.2 Å². The lowest BCUT2D eigenvalue weighted by molar-refractivity contribution is 0.549. The third-order valence-electron chi connectivity index (χ3n) is 2.93. The first-order chi connectivity index (χ1) is 6.46. The highest BCUT2D eigenvalue weighted by atomic mass is 32.2. The molecule has 1 rings (SSSR count). The molecule has 2 unspecified atom stereocenters. The summed E-state index contributed by atoms with van der Waals surface area (Å²) in [5, 5.41) is 2.77. The van der Waals surface area contributed by atoms with E-state index in [1.54, 1.807) is 6.92 Å². The highest BCUT2D eigenvalue weighted by Gasteiger charge is 2.28. The van der Waals surface area contributed by atoms with E-state index in [1.165, 1.54) is 11.8 Å². The Morgan fingerprint density at radius 1 is 1.50 bits per heavy atom. The SMILES string of the molecule is CNC(C1=CCCC1)C(C)S(C)(=O)=O. The van der Waals surface area contributed by atoms with Crippen molar-refractivity contribution < 1.29 is 8.42 Å². The van der Waals surface area contributed by atoms with Crippen molar-refractivity contribution in [2.45, 2.75) is 37.5 Å². The topological polar surface area (TPSA) is 46.2 Å². The standard InChI is InChI=1S/C10H19NO2S/c1-8(14(3,12)13)10(11-2)9-6-4-5-7-9/h6,8,10-11H,4-5,7H2,1-3H3. The molecule has 0 fully saturated rings. The monoisotopic (exact) mass is 217 g/mol. The molecule has 3 nitrogen and oxygen atoms in total. The fourth-order valence-corrected chi connectivity index (χ4v) is 2.75. The summed E-state index contributed by atoms with van der Waals surface area (Å²) in [4.78, 5) is 0. The van der Waals surface area contributed by atoms with Gasteiger partial charge in [0.2, 0.25) is 0 Å². The molecule has 0 aromatic rings. The predicted octanol–water partition coefficient (Wildman–Crippen LogP) is 1.12. The van der Waals surface area contributed by atoms with Gasteiger partial charge in [-0.25, -0.2) is 8.42 Å². The van der Waals surface area contributed by atoms with Crippen LogP contribution in [0.4, 0.5) is 0 Å². The van der Waals surface area contributed by atoms with Crippen LogP contribution in [0.25, 0.3) is 0 Å². The minimum absolute atomic E-state index is 0.00694. The fourth-order valence-electron chi connectivity index (χ4n) is 1.95. The average Bonchev–Trinajstić information content (AvgIpc) is 2.57. The van der Waals surface area contributed by atoms with Gasteiger partial charge in [-0.1, -0.05) is 11.6 Å². The summed E-state index contributed by atoms with van der Waals surface area (Å²) in [6.45, 7) is 1.77. The van der Waals surface area contributed by atoms with Gasteiger partial charge in [-0.3, -0.25) is 0 Å². The van der Waals surface area contributed by atoms with Gasteiger partial charge in [0.25, 0.3) is 0 Å². The van der Waals surface area contributed by atoms with Crippen LogP contribution in [0.5, 0.6) is 0 Å². The molecule has 0 saturated heterocycles. The first-order valence-corrected chi connectivity index (χ1v) is 6.97. The Morgan fingerprint density at radius 2 is 2.14 bits per heavy atom. The van der Waals surface area contributed by atoms with Crippen LogP contribution in [0, 0.1) is 0 Å². The quantitative estimate of drug-likeness (QED) is 0.718. The Labute approximate surface area is 86.5 Å². The van der Waals surface area contributed by atoms with E-state index in [4.69, 9.17) is 0 Å². The zero-order valence-corrected chi connectivity index (χ0v) is 9.89. The van der Waals surface area contributed by atoms with Crippen LogP contribution in [0.1, 0.15) is 26.2 Å². The van der Waals surface area contributed by atoms with Crippen LogP contribution < -0.4 is 5.32 Å². The predicted molar refractivity (Wildman–Crippen MR) is 59.1 cm³/mol. The van der Waals surface area contributed by atoms with E-state index in [2.05, 4.69) is 11.4 Å². The molecule has 0 aliphatic heterocycles. The number of nitrogens with one attached hydrogen (secondary N) is 1. The number of sulfone groups is 1. The molecule has 0 bridgehead atoms. The smallest absolute Gasteiger partial charge is 0.151 e. The van der Waals surface area contributed by atoms with Gasteiger partial charge in [0.1, 0.15) is 0 Å². The van der Waals surface area contributed by atoms with Crippen molar-refractivity contribution in [1.29, 1.82) is 0 Å². The minimum atomic E-state index is -2.95. The Morgan fingerprint density at radius 3 is 2.50 bits per heavy atom. The molecule has 4 heteroatoms. The normalized spacial score (nSPS) is 21.8. The first-order valence-electron chi connectivity index (χ1n) is 5.02. The Bertz CT molecular complexity index is 319. The molecular weight excluding hydrogens is 198 g/mol. The summed E-state index contributed by atoms with van der Waals surface area (Å²) in [5.74, 6) is 0. The van der Waals surface area contributed by atoms with Gasteiger partial charge in [-0.15, -0.1) is 0 Å². The largest absolute Gasteiger partial charge is 0.312 e. The first kappa shape index (κ1) is 11.7. The summed E-state index contributed by atoms with van der Waals surface area (Å²) in [5.41, 5.74) is 1.26. The average molecular weight is 217 g/mol. The molecule has 1 N–H and O–H groups in total. The molecule has 0 saturated carbocycles. The van der Waals surface area contributed by atoms with Crippen LogP contribution in [0.2, 0.25) is 0 Å². The van der Waals surface area contributed by atoms with Crippen molar-refractivity contribution in [2.24, 2.45) is 0 Å². The third-order valence-corrected chi connectivity index (χ3v) is 4.55. The molecule has 0 spiro atoms. The summed E-state index contributed by atoms with van der Waals surface area (Å²) in [7, 11) is -1.13. The second kappa shape index (κ2) is 4.45. The lowest BCUT2D eigenvalue weighted by Gasteiger charge is -2.23. The number of hydrogen-bond donors (Lipinski definition) is 1. The highest BCUT2D eigenvalue weighted by molar-refractivity contribution is 7.91. The van der Waals surface area contributed by atoms with Crippen molar-refractivity contribution in [3.05, 3.63) is 11.6 Å². The number of likely N-dealkylation sites (N-methyl/N-ethyl adjacent to an activating group) is 1. The van der Waals surface area contributed by atoms with E-state index in [1.807, 2.05) is 7.05 Å². The molecule has 0 aromatic carbocycles. The second-order valence-electron chi connectivity index (χ2n) is 3.97. The Hall–Kier alpha value is -0.350. The number of hydrogen-bond acceptors (Lipinski definition) is 3. The fraction of sp³-hybridized carbons (Fsp3) is 0.800. The van der Waals surface area contributed by atoms with E-state index in [9.17, 15) is 8.42 Å². The molecule has 0 aromatic heterocycles. The summed E-state index contributed by atoms with van der Waals surface area (Å²) >= 11 is 0. The van der Waals surface area contributed by atoms with Gasteiger partial charge in [0.15, 0.2) is 9.84 Å². The molecule has 1 aliphatic rings. The van der Waals surface area contributed by atoms with Gasteiger partial charge < -0.3 is 5.32 Å². The van der Waals surface area contributed by atoms with Gasteiger partial charge in [0, 0.05) is 12.3 Å². The lowest BCUT2D eigenvalue weighted by Crippen LogP contribution is -2.41. The number of rotatable bonds is 4. The van der Waals surface area contributed by atoms with Crippen molar-refractivity contribution >= 4 is 9.84 Å². The molecule has 14 heavy (non-hydrogen) atoms. The zero-order chi connectivity index (χ0) is 10.8. The van der Waals surface area contributed by atoms with Crippen LogP contribution in [0.15, 0.2) is 11.6 Å². The van der Waals surface area contributed by atoms with Crippen LogP contribution >= 0.6 is 0 Å². The molecular formula is C10H19NO2S. The molecule has 0 heterocycles. The lowest BCUT2D eigenvalue weighted by atomic mass is 10.0. The maximum absolute atomic E-state index is 11.4. The summed E-state index contributed by atoms with van der Waals surface area (Å²) in [6, 6.07) is -0.00694. The summed E-state index contributed by atoms with van der Waals surface area (Å²) in [6.07, 6.45) is 6.75. The maximum atomic E-state index is 11.4. The zero-order valence-electron chi connectivity index (χ0n) is 9.08. The number of allylic oxidation sites excluding steroid dienone is 1. The van der Waals surface area contributed by atoms with E-state index in [0.29, 0.717) is 0 Å². The Balaban J connectivity index is 2.81. The third kappa shape index (κ3) is 2.58. The van der Waals surface area contributed by atoms with Gasteiger partial charge >= 0.3 is 0 Å². The maximum Gasteiger partial charge on any atom is 0.151 e. The van der Waals surface area contributed by atoms with Gasteiger partial charge in [0.05, 0.1) is 5.25 Å². The van der Waals surface area contributed by atoms with Crippen molar-refractivity contribution in [3.8, 4) is 0 Å². The second-order valence-corrected chi connectivity index (χ2v) is 6.37. The van der Waals surface area contributed by atoms with Crippen molar-refractivity contribution in [3.63, 3.8) is 0 Å². The molecule has 0 radical (unpaired) electrons. The summed E-state index contributed by atoms with van der Waals surface area (Å²) < 4.78 is 22.8. The van der Waals surface area contributed by atoms with Crippen molar-refractivity contribution in [2.75, 3.05) is 13.3 Å². The van der Waals surface area contributed by atoms with Crippen molar-refractivity contribution in [1.82, 2.24) is 5.32 Å². The highest BCUT2D eigenvalue weighted by Crippen LogP contribution is 2.24. The van der Waals surface area contributed by atoms with Crippen LogP contribution in [-0.4, -0.2) is 33.0 Å². The van der Waals surface area contributed by atoms with Crippen LogP contribution in [0.3, 0.4) is 0 Å². The van der Waals surface area contributed by atoms with E-state index in [-0.39, 0.29) is 11.3 Å². The van der Waals surface area contributed by atoms with Gasteiger partial charge in [-0.2, -0.15) is 0 Å². The Kier molecular flexibility index (Phi) is 3.72. The molecule has 1 aliphatic carbocycles.